The molecule has 3 rings (SSSR count). The van der Waals surface area contributed by atoms with Crippen LogP contribution in [0.25, 0.3) is 0 Å². The van der Waals surface area contributed by atoms with E-state index < -0.39 is 12.2 Å². The van der Waals surface area contributed by atoms with Crippen LogP contribution in [0.5, 0.6) is 0 Å². The van der Waals surface area contributed by atoms with Crippen LogP contribution in [-0.4, -0.2) is 64.2 Å². The van der Waals surface area contributed by atoms with Crippen LogP contribution in [0.2, 0.25) is 0 Å². The first-order chi connectivity index (χ1) is 11.1. The molecule has 2 aliphatic heterocycles. The standard InChI is InChI=1S/C17H26N2O4/c20-14(12-19-8-2-6-17(19)22)11-18-7-1-4-13(18)10-15(21)16-5-3-9-23-16/h3,5,9,13-15,20-21H,1-2,4,6-8,10-12H2. The third-order valence-electron chi connectivity index (χ3n) is 4.91. The van der Waals surface area contributed by atoms with Crippen molar-refractivity contribution in [2.45, 2.75) is 50.4 Å². The summed E-state index contributed by atoms with van der Waals surface area (Å²) in [5.74, 6) is 0.746. The number of hydrogen-bond donors (Lipinski definition) is 2. The molecule has 0 aliphatic carbocycles. The molecule has 0 bridgehead atoms. The summed E-state index contributed by atoms with van der Waals surface area (Å²) in [7, 11) is 0. The van der Waals surface area contributed by atoms with Crippen molar-refractivity contribution in [1.29, 1.82) is 0 Å². The van der Waals surface area contributed by atoms with Gasteiger partial charge in [0.15, 0.2) is 0 Å². The lowest BCUT2D eigenvalue weighted by molar-refractivity contribution is -0.129. The summed E-state index contributed by atoms with van der Waals surface area (Å²) in [5.41, 5.74) is 0. The van der Waals surface area contributed by atoms with Crippen LogP contribution in [-0.2, 0) is 4.79 Å². The van der Waals surface area contributed by atoms with Gasteiger partial charge in [-0.05, 0) is 44.4 Å². The molecule has 0 saturated carbocycles. The second kappa shape index (κ2) is 7.47. The summed E-state index contributed by atoms with van der Waals surface area (Å²) >= 11 is 0. The first-order valence-corrected chi connectivity index (χ1v) is 8.55. The SMILES string of the molecule is O=C1CCCN1CC(O)CN1CCCC1CC(O)c1ccco1. The third-order valence-corrected chi connectivity index (χ3v) is 4.91. The molecular weight excluding hydrogens is 296 g/mol. The number of β-amino-alcohol motifs (C(OH)–C–C–N with tert-alkyl or cyclic N) is 1. The Labute approximate surface area is 136 Å². The lowest BCUT2D eigenvalue weighted by Crippen LogP contribution is -2.42. The zero-order valence-corrected chi connectivity index (χ0v) is 13.4. The van der Waals surface area contributed by atoms with E-state index in [1.54, 1.807) is 23.3 Å². The van der Waals surface area contributed by atoms with Gasteiger partial charge in [-0.15, -0.1) is 0 Å². The average molecular weight is 322 g/mol. The fourth-order valence-electron chi connectivity index (χ4n) is 3.74. The molecule has 3 heterocycles. The summed E-state index contributed by atoms with van der Waals surface area (Å²) in [4.78, 5) is 15.6. The zero-order valence-electron chi connectivity index (χ0n) is 13.4. The Hall–Kier alpha value is -1.37. The van der Waals surface area contributed by atoms with Crippen LogP contribution < -0.4 is 0 Å². The van der Waals surface area contributed by atoms with Crippen LogP contribution in [0.4, 0.5) is 0 Å². The quantitative estimate of drug-likeness (QED) is 0.787. The topological polar surface area (TPSA) is 77.2 Å². The highest BCUT2D eigenvalue weighted by Gasteiger charge is 2.30. The van der Waals surface area contributed by atoms with Gasteiger partial charge in [0.25, 0.3) is 0 Å². The smallest absolute Gasteiger partial charge is 0.222 e. The summed E-state index contributed by atoms with van der Waals surface area (Å²) in [6, 6.07) is 3.82. The maximum atomic E-state index is 11.6. The van der Waals surface area contributed by atoms with Crippen molar-refractivity contribution < 1.29 is 19.4 Å². The fourth-order valence-corrected chi connectivity index (χ4v) is 3.74. The lowest BCUT2D eigenvalue weighted by Gasteiger charge is -2.29. The van der Waals surface area contributed by atoms with Gasteiger partial charge in [-0.2, -0.15) is 0 Å². The molecule has 3 unspecified atom stereocenters. The van der Waals surface area contributed by atoms with E-state index in [0.29, 0.717) is 31.7 Å². The fraction of sp³-hybridized carbons (Fsp3) is 0.706. The van der Waals surface area contributed by atoms with Gasteiger partial charge in [-0.25, -0.2) is 0 Å². The van der Waals surface area contributed by atoms with Crippen LogP contribution in [0, 0.1) is 0 Å². The van der Waals surface area contributed by atoms with Crippen molar-refractivity contribution in [3.05, 3.63) is 24.2 Å². The molecule has 2 N–H and O–H groups in total. The number of furan rings is 1. The van der Waals surface area contributed by atoms with Gasteiger partial charge < -0.3 is 19.5 Å². The van der Waals surface area contributed by atoms with Gasteiger partial charge in [0, 0.05) is 32.1 Å². The van der Waals surface area contributed by atoms with Gasteiger partial charge in [-0.3, -0.25) is 9.69 Å². The largest absolute Gasteiger partial charge is 0.467 e. The highest BCUT2D eigenvalue weighted by Crippen LogP contribution is 2.27. The van der Waals surface area contributed by atoms with Crippen LogP contribution in [0.15, 0.2) is 22.8 Å². The van der Waals surface area contributed by atoms with Gasteiger partial charge in [0.1, 0.15) is 11.9 Å². The number of carbonyl (C=O) groups is 1. The Balaban J connectivity index is 1.49. The third kappa shape index (κ3) is 4.13. The number of hydrogen-bond acceptors (Lipinski definition) is 5. The molecule has 6 nitrogen and oxygen atoms in total. The lowest BCUT2D eigenvalue weighted by atomic mass is 10.0. The molecule has 2 aliphatic rings. The van der Waals surface area contributed by atoms with Gasteiger partial charge >= 0.3 is 0 Å². The molecule has 1 amide bonds. The molecule has 0 radical (unpaired) electrons. The average Bonchev–Trinajstić information content (AvgIpc) is 3.24. The molecule has 0 aromatic carbocycles. The molecule has 3 atom stereocenters. The van der Waals surface area contributed by atoms with Crippen molar-refractivity contribution >= 4 is 5.91 Å². The number of nitrogens with zero attached hydrogens (tertiary/aromatic N) is 2. The Morgan fingerprint density at radius 3 is 2.83 bits per heavy atom. The minimum absolute atomic E-state index is 0.148. The monoisotopic (exact) mass is 322 g/mol. The first kappa shape index (κ1) is 16.5. The van der Waals surface area contributed by atoms with Crippen LogP contribution in [0.1, 0.15) is 44.0 Å². The molecule has 6 heteroatoms. The number of aliphatic hydroxyl groups is 2. The van der Waals surface area contributed by atoms with E-state index in [2.05, 4.69) is 4.90 Å². The molecular formula is C17H26N2O4. The first-order valence-electron chi connectivity index (χ1n) is 8.55. The maximum absolute atomic E-state index is 11.6. The van der Waals surface area contributed by atoms with Crippen LogP contribution in [0.3, 0.4) is 0 Å². The maximum Gasteiger partial charge on any atom is 0.222 e. The zero-order chi connectivity index (χ0) is 16.2. The number of rotatable bonds is 7. The van der Waals surface area contributed by atoms with Crippen molar-refractivity contribution in [1.82, 2.24) is 9.80 Å². The van der Waals surface area contributed by atoms with Gasteiger partial charge in [-0.1, -0.05) is 0 Å². The second-order valence-corrected chi connectivity index (χ2v) is 6.66. The predicted octanol–water partition coefficient (Wildman–Crippen LogP) is 1.15. The number of carbonyl (C=O) groups excluding carboxylic acids is 1. The number of likely N-dealkylation sites (tertiary alicyclic amines) is 2. The molecule has 2 saturated heterocycles. The van der Waals surface area contributed by atoms with Crippen molar-refractivity contribution in [3.8, 4) is 0 Å². The molecule has 0 spiro atoms. The van der Waals surface area contributed by atoms with E-state index in [4.69, 9.17) is 4.42 Å². The Morgan fingerprint density at radius 1 is 1.26 bits per heavy atom. The summed E-state index contributed by atoms with van der Waals surface area (Å²) < 4.78 is 5.26. The van der Waals surface area contributed by atoms with E-state index in [0.717, 1.165) is 32.4 Å². The molecule has 1 aromatic heterocycles. The molecule has 2 fully saturated rings. The predicted molar refractivity (Wildman–Crippen MR) is 84.7 cm³/mol. The number of aliphatic hydroxyl groups excluding tert-OH is 2. The Kier molecular flexibility index (Phi) is 5.35. The number of amides is 1. The molecule has 1 aromatic rings. The van der Waals surface area contributed by atoms with E-state index >= 15 is 0 Å². The van der Waals surface area contributed by atoms with Crippen molar-refractivity contribution in [2.75, 3.05) is 26.2 Å². The summed E-state index contributed by atoms with van der Waals surface area (Å²) in [6.07, 6.45) is 4.65. The van der Waals surface area contributed by atoms with E-state index in [1.165, 1.54) is 0 Å². The Bertz CT molecular complexity index is 505. The second-order valence-electron chi connectivity index (χ2n) is 6.66. The molecule has 128 valence electrons. The van der Waals surface area contributed by atoms with Gasteiger partial charge in [0.05, 0.1) is 12.4 Å². The molecule has 23 heavy (non-hydrogen) atoms. The highest BCUT2D eigenvalue weighted by molar-refractivity contribution is 5.78. The summed E-state index contributed by atoms with van der Waals surface area (Å²) in [6.45, 7) is 2.67. The van der Waals surface area contributed by atoms with E-state index in [-0.39, 0.29) is 11.9 Å². The van der Waals surface area contributed by atoms with Crippen LogP contribution >= 0.6 is 0 Å². The van der Waals surface area contributed by atoms with E-state index in [9.17, 15) is 15.0 Å². The Morgan fingerprint density at radius 2 is 2.13 bits per heavy atom. The minimum atomic E-state index is -0.604. The van der Waals surface area contributed by atoms with Crippen molar-refractivity contribution in [3.63, 3.8) is 0 Å². The normalized spacial score (nSPS) is 25.2. The highest BCUT2D eigenvalue weighted by atomic mass is 16.4. The van der Waals surface area contributed by atoms with Gasteiger partial charge in [0.2, 0.25) is 5.91 Å². The van der Waals surface area contributed by atoms with E-state index in [1.807, 2.05) is 0 Å². The summed E-state index contributed by atoms with van der Waals surface area (Å²) in [5, 5.41) is 20.6. The minimum Gasteiger partial charge on any atom is -0.467 e. The van der Waals surface area contributed by atoms with Crippen molar-refractivity contribution in [2.24, 2.45) is 0 Å².